The second-order valence-electron chi connectivity index (χ2n) is 5.30. The quantitative estimate of drug-likeness (QED) is 0.592. The molecule has 0 saturated carbocycles. The van der Waals surface area contributed by atoms with E-state index >= 15 is 0 Å². The molecule has 4 aromatic heterocycles. The van der Waals surface area contributed by atoms with Gasteiger partial charge < -0.3 is 4.42 Å². The highest BCUT2D eigenvalue weighted by Gasteiger charge is 2.21. The van der Waals surface area contributed by atoms with Crippen molar-refractivity contribution in [3.63, 3.8) is 0 Å². The Kier molecular flexibility index (Phi) is 4.20. The van der Waals surface area contributed by atoms with Gasteiger partial charge in [-0.2, -0.15) is 5.10 Å². The highest BCUT2D eigenvalue weighted by molar-refractivity contribution is 7.14. The standard InChI is InChI=1S/C17H12N6O2S/c1-10-4-2-6-18-13(10)12-8-26-17(21-12)22-16(24)15-14(19-9-25-15)11-5-3-7-20-23-11/h2-9H,1H3,(H,21,22,24). The van der Waals surface area contributed by atoms with Gasteiger partial charge in [-0.25, -0.2) is 9.97 Å². The van der Waals surface area contributed by atoms with Crippen LogP contribution in [0.15, 0.2) is 52.9 Å². The Bertz CT molecular complexity index is 1060. The van der Waals surface area contributed by atoms with Gasteiger partial charge in [0, 0.05) is 17.8 Å². The van der Waals surface area contributed by atoms with E-state index in [4.69, 9.17) is 4.42 Å². The average Bonchev–Trinajstić information content (AvgIpc) is 3.32. The van der Waals surface area contributed by atoms with Crippen molar-refractivity contribution in [1.82, 2.24) is 25.1 Å². The van der Waals surface area contributed by atoms with Crippen LogP contribution in [0.25, 0.3) is 22.8 Å². The molecule has 0 aliphatic heterocycles. The third-order valence-electron chi connectivity index (χ3n) is 3.57. The summed E-state index contributed by atoms with van der Waals surface area (Å²) in [4.78, 5) is 25.4. The largest absolute Gasteiger partial charge is 0.438 e. The molecule has 0 bridgehead atoms. The van der Waals surface area contributed by atoms with Crippen LogP contribution in [0.4, 0.5) is 5.13 Å². The Morgan fingerprint density at radius 2 is 2.00 bits per heavy atom. The van der Waals surface area contributed by atoms with Crippen molar-refractivity contribution in [2.75, 3.05) is 5.32 Å². The molecule has 4 aromatic rings. The number of amides is 1. The number of aryl methyl sites for hydroxylation is 1. The first-order chi connectivity index (χ1) is 12.7. The number of anilines is 1. The fourth-order valence-electron chi connectivity index (χ4n) is 2.37. The zero-order chi connectivity index (χ0) is 17.9. The fraction of sp³-hybridized carbons (Fsp3) is 0.0588. The molecule has 0 unspecified atom stereocenters. The number of hydrogen-bond acceptors (Lipinski definition) is 8. The topological polar surface area (TPSA) is 107 Å². The Balaban J connectivity index is 1.57. The van der Waals surface area contributed by atoms with E-state index in [-0.39, 0.29) is 5.76 Å². The van der Waals surface area contributed by atoms with E-state index in [0.29, 0.717) is 22.2 Å². The number of nitrogens with one attached hydrogen (secondary N) is 1. The minimum Gasteiger partial charge on any atom is -0.438 e. The predicted octanol–water partition coefficient (Wildman–Crippen LogP) is 3.21. The van der Waals surface area contributed by atoms with E-state index in [1.165, 1.54) is 17.7 Å². The van der Waals surface area contributed by atoms with E-state index in [1.807, 2.05) is 24.4 Å². The monoisotopic (exact) mass is 364 g/mol. The van der Waals surface area contributed by atoms with Crippen LogP contribution in [-0.4, -0.2) is 31.1 Å². The van der Waals surface area contributed by atoms with Crippen LogP contribution in [0.2, 0.25) is 0 Å². The van der Waals surface area contributed by atoms with Crippen LogP contribution in [0.1, 0.15) is 16.1 Å². The normalized spacial score (nSPS) is 10.7. The number of nitrogens with zero attached hydrogens (tertiary/aromatic N) is 5. The fourth-order valence-corrected chi connectivity index (χ4v) is 3.06. The van der Waals surface area contributed by atoms with E-state index in [9.17, 15) is 4.79 Å². The number of thiazole rings is 1. The summed E-state index contributed by atoms with van der Waals surface area (Å²) in [6.45, 7) is 1.96. The lowest BCUT2D eigenvalue weighted by Gasteiger charge is -2.01. The first-order valence-electron chi connectivity index (χ1n) is 7.63. The van der Waals surface area contributed by atoms with Crippen molar-refractivity contribution in [3.05, 3.63) is 59.8 Å². The van der Waals surface area contributed by atoms with Crippen molar-refractivity contribution < 1.29 is 9.21 Å². The van der Waals surface area contributed by atoms with Crippen molar-refractivity contribution in [2.45, 2.75) is 6.92 Å². The average molecular weight is 364 g/mol. The Hall–Kier alpha value is -3.46. The molecular weight excluding hydrogens is 352 g/mol. The molecule has 0 atom stereocenters. The zero-order valence-corrected chi connectivity index (χ0v) is 14.4. The van der Waals surface area contributed by atoms with Gasteiger partial charge in [0.25, 0.3) is 5.91 Å². The van der Waals surface area contributed by atoms with E-state index in [0.717, 1.165) is 11.3 Å². The lowest BCUT2D eigenvalue weighted by atomic mass is 10.2. The van der Waals surface area contributed by atoms with Crippen molar-refractivity contribution in [1.29, 1.82) is 0 Å². The molecule has 4 rings (SSSR count). The van der Waals surface area contributed by atoms with Gasteiger partial charge in [-0.3, -0.25) is 15.1 Å². The number of pyridine rings is 1. The SMILES string of the molecule is Cc1cccnc1-c1csc(NC(=O)c2ocnc2-c2cccnn2)n1. The zero-order valence-electron chi connectivity index (χ0n) is 13.6. The highest BCUT2D eigenvalue weighted by atomic mass is 32.1. The van der Waals surface area contributed by atoms with Crippen LogP contribution in [0.3, 0.4) is 0 Å². The molecule has 0 aromatic carbocycles. The van der Waals surface area contributed by atoms with Crippen LogP contribution >= 0.6 is 11.3 Å². The van der Waals surface area contributed by atoms with Gasteiger partial charge in [0.15, 0.2) is 11.5 Å². The van der Waals surface area contributed by atoms with Gasteiger partial charge in [0.2, 0.25) is 5.76 Å². The summed E-state index contributed by atoms with van der Waals surface area (Å²) >= 11 is 1.31. The summed E-state index contributed by atoms with van der Waals surface area (Å²) in [7, 11) is 0. The molecule has 9 heteroatoms. The first-order valence-corrected chi connectivity index (χ1v) is 8.51. The van der Waals surface area contributed by atoms with Crippen LogP contribution < -0.4 is 5.32 Å². The maximum Gasteiger partial charge on any atom is 0.295 e. The molecule has 1 N–H and O–H groups in total. The maximum atomic E-state index is 12.5. The molecule has 0 radical (unpaired) electrons. The van der Waals surface area contributed by atoms with Crippen LogP contribution in [0, 0.1) is 6.92 Å². The number of oxazole rings is 1. The summed E-state index contributed by atoms with van der Waals surface area (Å²) in [5.41, 5.74) is 3.28. The molecule has 0 saturated heterocycles. The number of carbonyl (C=O) groups is 1. The van der Waals surface area contributed by atoms with Gasteiger partial charge in [-0.1, -0.05) is 6.07 Å². The van der Waals surface area contributed by atoms with Gasteiger partial charge in [-0.05, 0) is 30.7 Å². The Morgan fingerprint density at radius 1 is 1.12 bits per heavy atom. The molecule has 26 heavy (non-hydrogen) atoms. The molecule has 0 spiro atoms. The van der Waals surface area contributed by atoms with E-state index < -0.39 is 5.91 Å². The lowest BCUT2D eigenvalue weighted by molar-refractivity contribution is 0.0997. The summed E-state index contributed by atoms with van der Waals surface area (Å²) in [6, 6.07) is 7.24. The number of rotatable bonds is 4. The molecule has 0 aliphatic rings. The van der Waals surface area contributed by atoms with Crippen molar-refractivity contribution >= 4 is 22.4 Å². The molecule has 4 heterocycles. The van der Waals surface area contributed by atoms with Gasteiger partial charge >= 0.3 is 0 Å². The molecule has 0 aliphatic carbocycles. The van der Waals surface area contributed by atoms with E-state index in [2.05, 4.69) is 30.5 Å². The number of aromatic nitrogens is 5. The van der Waals surface area contributed by atoms with Gasteiger partial charge in [0.05, 0.1) is 5.69 Å². The minimum atomic E-state index is -0.457. The first kappa shape index (κ1) is 16.0. The second-order valence-corrected chi connectivity index (χ2v) is 6.16. The number of hydrogen-bond donors (Lipinski definition) is 1. The predicted molar refractivity (Wildman–Crippen MR) is 95.6 cm³/mol. The third kappa shape index (κ3) is 3.07. The Morgan fingerprint density at radius 3 is 2.81 bits per heavy atom. The van der Waals surface area contributed by atoms with Crippen molar-refractivity contribution in [3.8, 4) is 22.8 Å². The summed E-state index contributed by atoms with van der Waals surface area (Å²) < 4.78 is 5.24. The minimum absolute atomic E-state index is 0.0521. The van der Waals surface area contributed by atoms with Crippen molar-refractivity contribution in [2.24, 2.45) is 0 Å². The summed E-state index contributed by atoms with van der Waals surface area (Å²) in [5, 5.41) is 12.7. The van der Waals surface area contributed by atoms with Gasteiger partial charge in [-0.15, -0.1) is 16.4 Å². The summed E-state index contributed by atoms with van der Waals surface area (Å²) in [6.07, 6.45) is 4.45. The summed E-state index contributed by atoms with van der Waals surface area (Å²) in [5.74, 6) is -0.405. The number of carbonyl (C=O) groups excluding carboxylic acids is 1. The molecule has 128 valence electrons. The molecule has 1 amide bonds. The molecule has 0 fully saturated rings. The second kappa shape index (κ2) is 6.81. The van der Waals surface area contributed by atoms with E-state index in [1.54, 1.807) is 24.5 Å². The maximum absolute atomic E-state index is 12.5. The highest BCUT2D eigenvalue weighted by Crippen LogP contribution is 2.27. The third-order valence-corrected chi connectivity index (χ3v) is 4.32. The lowest BCUT2D eigenvalue weighted by Crippen LogP contribution is -2.12. The molecule has 8 nitrogen and oxygen atoms in total. The molecular formula is C17H12N6O2S. The van der Waals surface area contributed by atoms with Gasteiger partial charge in [0.1, 0.15) is 17.1 Å². The van der Waals surface area contributed by atoms with Crippen LogP contribution in [-0.2, 0) is 0 Å². The smallest absolute Gasteiger partial charge is 0.295 e. The Labute approximate surface area is 152 Å². The van der Waals surface area contributed by atoms with Crippen LogP contribution in [0.5, 0.6) is 0 Å².